The molecule has 2 fully saturated rings. The van der Waals surface area contributed by atoms with Gasteiger partial charge in [-0.3, -0.25) is 9.59 Å². The third-order valence-corrected chi connectivity index (χ3v) is 8.31. The summed E-state index contributed by atoms with van der Waals surface area (Å²) in [7, 11) is 0. The largest absolute Gasteiger partial charge is 0.390 e. The Morgan fingerprint density at radius 1 is 1.18 bits per heavy atom. The van der Waals surface area contributed by atoms with Crippen molar-refractivity contribution in [1.82, 2.24) is 10.6 Å². The van der Waals surface area contributed by atoms with Crippen LogP contribution in [-0.4, -0.2) is 40.6 Å². The molecular weight excluding hydrogens is 519 g/mol. The molecule has 0 unspecified atom stereocenters. The number of hydrogen-bond donors (Lipinski definition) is 4. The minimum Gasteiger partial charge on any atom is -0.390 e. The molecule has 10 heteroatoms. The average molecular weight is 550 g/mol. The second-order valence-corrected chi connectivity index (χ2v) is 12.7. The zero-order valence-corrected chi connectivity index (χ0v) is 22.3. The van der Waals surface area contributed by atoms with E-state index in [9.17, 15) is 23.5 Å². The number of hydrogen-bond acceptors (Lipinski definition) is 4. The molecule has 1 saturated carbocycles. The van der Waals surface area contributed by atoms with E-state index in [1.165, 1.54) is 18.2 Å². The van der Waals surface area contributed by atoms with Gasteiger partial charge in [-0.15, -0.1) is 0 Å². The lowest BCUT2D eigenvalue weighted by Gasteiger charge is -2.42. The van der Waals surface area contributed by atoms with E-state index >= 15 is 4.39 Å². The maximum absolute atomic E-state index is 15.5. The van der Waals surface area contributed by atoms with Crippen LogP contribution in [0.1, 0.15) is 64.0 Å². The van der Waals surface area contributed by atoms with Crippen molar-refractivity contribution in [1.29, 1.82) is 0 Å². The zero-order chi connectivity index (χ0) is 27.8. The summed E-state index contributed by atoms with van der Waals surface area (Å²) in [4.78, 5) is 27.7. The maximum atomic E-state index is 15.5. The van der Waals surface area contributed by atoms with Gasteiger partial charge in [-0.05, 0) is 60.9 Å². The molecule has 3 aliphatic rings. The molecule has 1 saturated heterocycles. The van der Waals surface area contributed by atoms with Gasteiger partial charge >= 0.3 is 0 Å². The van der Waals surface area contributed by atoms with Crippen LogP contribution in [-0.2, 0) is 15.0 Å². The molecule has 2 aliphatic heterocycles. The molecule has 4 atom stereocenters. The summed E-state index contributed by atoms with van der Waals surface area (Å²) in [5.41, 5.74) is -2.56. The predicted octanol–water partition coefficient (Wildman–Crippen LogP) is 4.54. The third kappa shape index (κ3) is 4.28. The first kappa shape index (κ1) is 27.0. The van der Waals surface area contributed by atoms with Crippen LogP contribution in [0.2, 0.25) is 5.02 Å². The lowest BCUT2D eigenvalue weighted by Crippen LogP contribution is -2.57. The molecule has 1 spiro atoms. The molecule has 2 aromatic carbocycles. The fourth-order valence-corrected chi connectivity index (χ4v) is 6.72. The van der Waals surface area contributed by atoms with E-state index in [-0.39, 0.29) is 33.3 Å². The second-order valence-electron chi connectivity index (χ2n) is 12.3. The SMILES string of the molecule is CC(C)(C)C[C@H]1N[C@@H](C(=O)NC2CC(C)(O)C2)[C@H](c2cccc(F)c2F)[C@@]12C(=O)Nc1cc(Cl)c(F)cc12. The first-order chi connectivity index (χ1) is 17.6. The minimum atomic E-state index is -1.64. The Bertz CT molecular complexity index is 1320. The van der Waals surface area contributed by atoms with Crippen LogP contribution in [0.3, 0.4) is 0 Å². The van der Waals surface area contributed by atoms with Crippen molar-refractivity contribution in [3.8, 4) is 0 Å². The van der Waals surface area contributed by atoms with Gasteiger partial charge in [0.2, 0.25) is 11.8 Å². The Kier molecular flexibility index (Phi) is 6.36. The first-order valence-corrected chi connectivity index (χ1v) is 13.1. The van der Waals surface area contributed by atoms with Crippen molar-refractivity contribution >= 4 is 29.1 Å². The van der Waals surface area contributed by atoms with Crippen LogP contribution in [0.15, 0.2) is 30.3 Å². The number of amides is 2. The highest BCUT2D eigenvalue weighted by atomic mass is 35.5. The van der Waals surface area contributed by atoms with E-state index in [0.29, 0.717) is 19.3 Å². The highest BCUT2D eigenvalue weighted by Gasteiger charge is 2.66. The van der Waals surface area contributed by atoms with Gasteiger partial charge in [-0.25, -0.2) is 13.2 Å². The van der Waals surface area contributed by atoms with Crippen molar-refractivity contribution in [3.05, 3.63) is 63.9 Å². The number of aliphatic hydroxyl groups is 1. The monoisotopic (exact) mass is 549 g/mol. The molecule has 0 aromatic heterocycles. The number of benzene rings is 2. The van der Waals surface area contributed by atoms with Gasteiger partial charge in [0.15, 0.2) is 11.6 Å². The standard InChI is InChI=1S/C28H31ClF3N3O3/c1-26(2,3)12-20-28(15-8-18(31)16(29)9-19(15)34-25(28)37)21(14-6-5-7-17(30)22(14)32)23(35-20)24(36)33-13-10-27(4,38)11-13/h5-9,13,20-21,23,35,38H,10-12H2,1-4H3,(H,33,36)(H,34,37)/t13?,20-,21+,23-,27?,28+/m1/s1. The highest BCUT2D eigenvalue weighted by Crippen LogP contribution is 2.57. The first-order valence-electron chi connectivity index (χ1n) is 12.7. The summed E-state index contributed by atoms with van der Waals surface area (Å²) in [6.07, 6.45) is 1.04. The number of fused-ring (bicyclic) bond motifs is 2. The van der Waals surface area contributed by atoms with Gasteiger partial charge in [0.05, 0.1) is 16.7 Å². The molecule has 2 aromatic rings. The van der Waals surface area contributed by atoms with Crippen molar-refractivity contribution in [2.45, 2.75) is 82.0 Å². The lowest BCUT2D eigenvalue weighted by molar-refractivity contribution is -0.127. The number of carbonyl (C=O) groups excluding carboxylic acids is 2. The topological polar surface area (TPSA) is 90.5 Å². The van der Waals surface area contributed by atoms with Gasteiger partial charge in [-0.2, -0.15) is 0 Å². The molecule has 2 heterocycles. The molecular formula is C28H31ClF3N3O3. The van der Waals surface area contributed by atoms with Crippen LogP contribution in [0.4, 0.5) is 18.9 Å². The van der Waals surface area contributed by atoms with Gasteiger partial charge in [0.25, 0.3) is 0 Å². The Labute approximate surface area is 224 Å². The Balaban J connectivity index is 1.71. The number of nitrogens with one attached hydrogen (secondary N) is 3. The summed E-state index contributed by atoms with van der Waals surface area (Å²) in [6.45, 7) is 7.54. The van der Waals surface area contributed by atoms with Gasteiger partial charge in [-0.1, -0.05) is 44.5 Å². The maximum Gasteiger partial charge on any atom is 0.238 e. The Hall–Kier alpha value is -2.62. The quantitative estimate of drug-likeness (QED) is 0.451. The van der Waals surface area contributed by atoms with Crippen LogP contribution >= 0.6 is 11.6 Å². The Morgan fingerprint density at radius 2 is 1.87 bits per heavy atom. The molecule has 204 valence electrons. The number of rotatable bonds is 4. The summed E-state index contributed by atoms with van der Waals surface area (Å²) >= 11 is 6.02. The van der Waals surface area contributed by atoms with Crippen LogP contribution < -0.4 is 16.0 Å². The fourth-order valence-electron chi connectivity index (χ4n) is 6.56. The second kappa shape index (κ2) is 8.96. The predicted molar refractivity (Wildman–Crippen MR) is 137 cm³/mol. The number of carbonyl (C=O) groups is 2. The zero-order valence-electron chi connectivity index (χ0n) is 21.6. The molecule has 1 aliphatic carbocycles. The number of anilines is 1. The molecule has 6 nitrogen and oxygen atoms in total. The van der Waals surface area contributed by atoms with Crippen molar-refractivity contribution in [2.75, 3.05) is 5.32 Å². The van der Waals surface area contributed by atoms with Gasteiger partial charge in [0, 0.05) is 23.7 Å². The molecule has 0 radical (unpaired) electrons. The fraction of sp³-hybridized carbons (Fsp3) is 0.500. The van der Waals surface area contributed by atoms with Crippen LogP contribution in [0.25, 0.3) is 0 Å². The van der Waals surface area contributed by atoms with Crippen LogP contribution in [0.5, 0.6) is 0 Å². The smallest absolute Gasteiger partial charge is 0.238 e. The average Bonchev–Trinajstić information content (AvgIpc) is 3.24. The Morgan fingerprint density at radius 3 is 2.50 bits per heavy atom. The molecule has 38 heavy (non-hydrogen) atoms. The van der Waals surface area contributed by atoms with Crippen molar-refractivity contribution in [2.24, 2.45) is 5.41 Å². The van der Waals surface area contributed by atoms with Gasteiger partial charge < -0.3 is 21.1 Å². The van der Waals surface area contributed by atoms with E-state index in [4.69, 9.17) is 11.6 Å². The minimum absolute atomic E-state index is 0.159. The summed E-state index contributed by atoms with van der Waals surface area (Å²) in [5.74, 6) is -5.33. The van der Waals surface area contributed by atoms with E-state index in [1.807, 2.05) is 20.8 Å². The molecule has 5 rings (SSSR count). The van der Waals surface area contributed by atoms with Crippen molar-refractivity contribution in [3.63, 3.8) is 0 Å². The van der Waals surface area contributed by atoms with Gasteiger partial charge in [0.1, 0.15) is 11.2 Å². The number of halogens is 4. The molecule has 4 N–H and O–H groups in total. The lowest BCUT2D eigenvalue weighted by atomic mass is 9.62. The van der Waals surface area contributed by atoms with E-state index in [2.05, 4.69) is 16.0 Å². The molecule has 2 amide bonds. The van der Waals surface area contributed by atoms with Crippen molar-refractivity contribution < 1.29 is 27.9 Å². The van der Waals surface area contributed by atoms with E-state index in [0.717, 1.165) is 12.1 Å². The van der Waals surface area contributed by atoms with Crippen LogP contribution in [0, 0.1) is 22.9 Å². The third-order valence-electron chi connectivity index (χ3n) is 8.02. The summed E-state index contributed by atoms with van der Waals surface area (Å²) in [5, 5.41) is 18.9. The van der Waals surface area contributed by atoms with E-state index < -0.39 is 58.3 Å². The summed E-state index contributed by atoms with van der Waals surface area (Å²) in [6, 6.07) is 3.91. The van der Waals surface area contributed by atoms with E-state index in [1.54, 1.807) is 6.92 Å². The normalized spacial score (nSPS) is 32.2. The highest BCUT2D eigenvalue weighted by molar-refractivity contribution is 6.31. The summed E-state index contributed by atoms with van der Waals surface area (Å²) < 4.78 is 45.0. The molecule has 0 bridgehead atoms.